The zero-order chi connectivity index (χ0) is 32.9. The summed E-state index contributed by atoms with van der Waals surface area (Å²) < 4.78 is 43.3. The topological polar surface area (TPSA) is 224 Å². The fourth-order valence-electron chi connectivity index (χ4n) is 4.03. The third kappa shape index (κ3) is 18.0. The molecule has 1 heterocycles. The van der Waals surface area contributed by atoms with Gasteiger partial charge < -0.3 is 58.7 Å². The Morgan fingerprint density at radius 3 is 2.11 bits per heavy atom. The number of carboxylic acids is 1. The maximum atomic E-state index is 12.1. The first-order chi connectivity index (χ1) is 20.9. The number of aliphatic carboxylic acids is 1. The molecule has 0 aromatic rings. The highest BCUT2D eigenvalue weighted by Crippen LogP contribution is 2.28. The molecule has 1 rings (SSSR count). The number of rotatable bonds is 23. The summed E-state index contributed by atoms with van der Waals surface area (Å²) in [6, 6.07) is -1.02. The Balaban J connectivity index is 2.49. The minimum atomic E-state index is -1.30. The summed E-state index contributed by atoms with van der Waals surface area (Å²) in [5.41, 5.74) is 0. The normalized spacial score (nSPS) is 22.1. The van der Waals surface area contributed by atoms with E-state index in [0.717, 1.165) is 0 Å². The first-order valence-electron chi connectivity index (χ1n) is 14.3. The first kappa shape index (κ1) is 39.1. The fourth-order valence-corrected chi connectivity index (χ4v) is 4.03. The summed E-state index contributed by atoms with van der Waals surface area (Å²) in [6.07, 6.45) is -4.56. The molecular weight excluding hydrogens is 592 g/mol. The molecule has 17 nitrogen and oxygen atoms in total. The average Bonchev–Trinajstić information content (AvgIpc) is 2.92. The SMILES string of the molecule is CC(=O)N[C@H]1[C@H](OCCCCC(=O)NCCOCCOCCOCC(=O)O)O[C@H](COC(C)=O)[C@H](OC(C)O)[C@@H]1OC(C)=O. The van der Waals surface area contributed by atoms with Crippen LogP contribution in [-0.2, 0) is 61.9 Å². The van der Waals surface area contributed by atoms with Crippen LogP contribution < -0.4 is 10.6 Å². The second-order valence-electron chi connectivity index (χ2n) is 9.69. The molecule has 44 heavy (non-hydrogen) atoms. The molecule has 1 saturated heterocycles. The largest absolute Gasteiger partial charge is 0.480 e. The van der Waals surface area contributed by atoms with Crippen molar-refractivity contribution in [1.82, 2.24) is 10.6 Å². The molecule has 1 aliphatic rings. The number of hydrogen-bond donors (Lipinski definition) is 4. The lowest BCUT2D eigenvalue weighted by atomic mass is 9.96. The van der Waals surface area contributed by atoms with E-state index in [1.807, 2.05) is 0 Å². The van der Waals surface area contributed by atoms with Crippen LogP contribution in [-0.4, -0.2) is 136 Å². The highest BCUT2D eigenvalue weighted by Gasteiger charge is 2.50. The van der Waals surface area contributed by atoms with Gasteiger partial charge in [-0.1, -0.05) is 0 Å². The van der Waals surface area contributed by atoms with Crippen molar-refractivity contribution in [2.45, 2.75) is 83.9 Å². The van der Waals surface area contributed by atoms with Crippen molar-refractivity contribution in [2.75, 3.05) is 59.4 Å². The van der Waals surface area contributed by atoms with Gasteiger partial charge in [-0.05, 0) is 19.8 Å². The van der Waals surface area contributed by atoms with Crippen molar-refractivity contribution in [2.24, 2.45) is 0 Å². The third-order valence-electron chi connectivity index (χ3n) is 5.74. The Kier molecular flexibility index (Phi) is 20.0. The summed E-state index contributed by atoms with van der Waals surface area (Å²) in [5.74, 6) is -2.96. The van der Waals surface area contributed by atoms with Crippen molar-refractivity contribution in [3.05, 3.63) is 0 Å². The maximum Gasteiger partial charge on any atom is 0.329 e. The summed E-state index contributed by atoms with van der Waals surface area (Å²) in [7, 11) is 0. The van der Waals surface area contributed by atoms with E-state index in [4.69, 9.17) is 43.0 Å². The third-order valence-corrected chi connectivity index (χ3v) is 5.74. The van der Waals surface area contributed by atoms with Gasteiger partial charge in [0.1, 0.15) is 31.5 Å². The molecule has 4 N–H and O–H groups in total. The number of carbonyl (C=O) groups excluding carboxylic acids is 4. The number of aliphatic hydroxyl groups excluding tert-OH is 1. The molecule has 0 bridgehead atoms. The van der Waals surface area contributed by atoms with E-state index in [0.29, 0.717) is 32.6 Å². The highest BCUT2D eigenvalue weighted by molar-refractivity contribution is 5.75. The standard InChI is InChI=1S/C27H46N2O15/c1-17(30)29-24-26(43-20(4)33)25(42-19(3)32)21(15-41-18(2)31)44-27(24)40-9-6-5-7-22(34)28-8-10-37-11-12-38-13-14-39-16-23(35)36/h19,21,24-27,32H,5-16H2,1-4H3,(H,28,34)(H,29,30)(H,35,36)/t19?,21-,24-,25+,26-,27-/m1/s1. The van der Waals surface area contributed by atoms with Crippen molar-refractivity contribution >= 4 is 29.7 Å². The van der Waals surface area contributed by atoms with Crippen LogP contribution in [0.4, 0.5) is 0 Å². The second-order valence-corrected chi connectivity index (χ2v) is 9.69. The predicted molar refractivity (Wildman–Crippen MR) is 148 cm³/mol. The van der Waals surface area contributed by atoms with Gasteiger partial charge in [0.2, 0.25) is 11.8 Å². The van der Waals surface area contributed by atoms with Crippen LogP contribution >= 0.6 is 0 Å². The molecule has 0 aromatic heterocycles. The zero-order valence-corrected chi connectivity index (χ0v) is 25.7. The molecule has 0 radical (unpaired) electrons. The predicted octanol–water partition coefficient (Wildman–Crippen LogP) is -1.13. The molecule has 1 fully saturated rings. The quantitative estimate of drug-likeness (QED) is 0.0590. The molecule has 0 spiro atoms. The van der Waals surface area contributed by atoms with Crippen LogP contribution in [0.15, 0.2) is 0 Å². The van der Waals surface area contributed by atoms with Crippen molar-refractivity contribution in [1.29, 1.82) is 0 Å². The van der Waals surface area contributed by atoms with E-state index in [9.17, 15) is 29.1 Å². The van der Waals surface area contributed by atoms with Crippen molar-refractivity contribution in [3.8, 4) is 0 Å². The van der Waals surface area contributed by atoms with Gasteiger partial charge in [-0.15, -0.1) is 0 Å². The molecule has 0 aliphatic carbocycles. The van der Waals surface area contributed by atoms with E-state index in [1.54, 1.807) is 0 Å². The van der Waals surface area contributed by atoms with Crippen LogP contribution in [0.2, 0.25) is 0 Å². The summed E-state index contributed by atoms with van der Waals surface area (Å²) in [6.45, 7) is 6.05. The number of carboxylic acid groups (broad SMARTS) is 1. The highest BCUT2D eigenvalue weighted by atomic mass is 16.7. The van der Waals surface area contributed by atoms with Crippen LogP contribution in [0.1, 0.15) is 47.0 Å². The molecule has 0 aromatic carbocycles. The summed E-state index contributed by atoms with van der Waals surface area (Å²) in [4.78, 5) is 57.8. The number of nitrogens with one attached hydrogen (secondary N) is 2. The second kappa shape index (κ2) is 22.6. The molecule has 254 valence electrons. The fraction of sp³-hybridized carbons (Fsp3) is 0.815. The lowest BCUT2D eigenvalue weighted by Gasteiger charge is -2.45. The zero-order valence-electron chi connectivity index (χ0n) is 25.7. The molecule has 6 atom stereocenters. The Morgan fingerprint density at radius 2 is 1.52 bits per heavy atom. The molecule has 17 heteroatoms. The van der Waals surface area contributed by atoms with Gasteiger partial charge in [0.15, 0.2) is 18.7 Å². The lowest BCUT2D eigenvalue weighted by Crippen LogP contribution is -2.66. The van der Waals surface area contributed by atoms with E-state index < -0.39 is 60.7 Å². The molecular formula is C27H46N2O15. The van der Waals surface area contributed by atoms with Crippen molar-refractivity contribution < 1.29 is 72.1 Å². The van der Waals surface area contributed by atoms with E-state index in [1.165, 1.54) is 27.7 Å². The van der Waals surface area contributed by atoms with Crippen LogP contribution in [0, 0.1) is 0 Å². The van der Waals surface area contributed by atoms with Gasteiger partial charge in [-0.25, -0.2) is 4.79 Å². The first-order valence-corrected chi connectivity index (χ1v) is 14.3. The van der Waals surface area contributed by atoms with Crippen LogP contribution in [0.25, 0.3) is 0 Å². The number of esters is 2. The summed E-state index contributed by atoms with van der Waals surface area (Å²) >= 11 is 0. The summed E-state index contributed by atoms with van der Waals surface area (Å²) in [5, 5.41) is 23.7. The minimum Gasteiger partial charge on any atom is -0.480 e. The Bertz CT molecular complexity index is 887. The van der Waals surface area contributed by atoms with E-state index in [2.05, 4.69) is 10.6 Å². The molecule has 0 saturated carbocycles. The lowest BCUT2D eigenvalue weighted by molar-refractivity contribution is -0.299. The Labute approximate surface area is 256 Å². The Hall–Kier alpha value is -2.93. The van der Waals surface area contributed by atoms with Gasteiger partial charge >= 0.3 is 17.9 Å². The maximum absolute atomic E-state index is 12.1. The number of unbranched alkanes of at least 4 members (excludes halogenated alkanes) is 1. The van der Waals surface area contributed by atoms with Gasteiger partial charge in [0, 0.05) is 40.3 Å². The van der Waals surface area contributed by atoms with Gasteiger partial charge in [0.25, 0.3) is 0 Å². The van der Waals surface area contributed by atoms with E-state index in [-0.39, 0.29) is 52.0 Å². The molecule has 1 unspecified atom stereocenters. The number of amides is 2. The molecule has 2 amide bonds. The number of carbonyl (C=O) groups is 5. The van der Waals surface area contributed by atoms with Gasteiger partial charge in [-0.3, -0.25) is 19.2 Å². The number of ether oxygens (including phenoxy) is 8. The van der Waals surface area contributed by atoms with Gasteiger partial charge in [0.05, 0.1) is 33.0 Å². The van der Waals surface area contributed by atoms with Crippen LogP contribution in [0.5, 0.6) is 0 Å². The van der Waals surface area contributed by atoms with E-state index >= 15 is 0 Å². The van der Waals surface area contributed by atoms with Crippen LogP contribution in [0.3, 0.4) is 0 Å². The minimum absolute atomic E-state index is 0.119. The monoisotopic (exact) mass is 638 g/mol. The smallest absolute Gasteiger partial charge is 0.329 e. The number of hydrogen-bond acceptors (Lipinski definition) is 14. The van der Waals surface area contributed by atoms with Gasteiger partial charge in [-0.2, -0.15) is 0 Å². The number of aliphatic hydroxyl groups is 1. The van der Waals surface area contributed by atoms with Crippen molar-refractivity contribution in [3.63, 3.8) is 0 Å². The Morgan fingerprint density at radius 1 is 0.864 bits per heavy atom. The molecule has 1 aliphatic heterocycles. The average molecular weight is 639 g/mol.